The fourth-order valence-corrected chi connectivity index (χ4v) is 1.49. The van der Waals surface area contributed by atoms with Crippen LogP contribution in [0.25, 0.3) is 0 Å². The van der Waals surface area contributed by atoms with Crippen LogP contribution in [0.1, 0.15) is 11.5 Å². The van der Waals surface area contributed by atoms with Crippen LogP contribution < -0.4 is 15.9 Å². The van der Waals surface area contributed by atoms with Crippen molar-refractivity contribution < 1.29 is 27.9 Å². The number of alkyl carbamates (subject to hydrolysis) is 1. The molecule has 116 valence electrons. The first kappa shape index (κ1) is 15.4. The molecule has 0 aliphatic heterocycles. The second-order valence-corrected chi connectivity index (χ2v) is 4.15. The van der Waals surface area contributed by atoms with E-state index >= 15 is 0 Å². The molecule has 8 nitrogen and oxygen atoms in total. The Labute approximate surface area is 124 Å². The summed E-state index contributed by atoms with van der Waals surface area (Å²) in [5.74, 6) is -0.816. The molecule has 0 spiro atoms. The lowest BCUT2D eigenvalue weighted by Crippen LogP contribution is -2.32. The van der Waals surface area contributed by atoms with Crippen LogP contribution in [-0.2, 0) is 16.1 Å². The predicted molar refractivity (Wildman–Crippen MR) is 72.2 cm³/mol. The molecule has 1 amide bonds. The van der Waals surface area contributed by atoms with Crippen LogP contribution in [0.4, 0.5) is 4.79 Å². The van der Waals surface area contributed by atoms with E-state index in [0.29, 0.717) is 5.75 Å². The zero-order valence-corrected chi connectivity index (χ0v) is 11.7. The van der Waals surface area contributed by atoms with Gasteiger partial charge in [0, 0.05) is 0 Å². The van der Waals surface area contributed by atoms with Gasteiger partial charge in [0.05, 0.1) is 0 Å². The monoisotopic (exact) mass is 307 g/mol. The van der Waals surface area contributed by atoms with E-state index in [-0.39, 0.29) is 24.7 Å². The summed E-state index contributed by atoms with van der Waals surface area (Å²) in [6, 6.07) is 8.43. The summed E-state index contributed by atoms with van der Waals surface area (Å²) in [4.78, 5) is 33.7. The molecule has 0 aliphatic carbocycles. The van der Waals surface area contributed by atoms with Gasteiger partial charge in [0.2, 0.25) is 0 Å². The average molecular weight is 307 g/mol. The van der Waals surface area contributed by atoms with Crippen molar-refractivity contribution in [2.24, 2.45) is 0 Å². The second-order valence-electron chi connectivity index (χ2n) is 4.15. The molecule has 0 radical (unpaired) electrons. The van der Waals surface area contributed by atoms with Crippen LogP contribution in [0, 0.1) is 6.92 Å². The van der Waals surface area contributed by atoms with Gasteiger partial charge in [-0.25, -0.2) is 14.4 Å². The van der Waals surface area contributed by atoms with Crippen molar-refractivity contribution in [3.05, 3.63) is 52.5 Å². The molecule has 0 fully saturated rings. The van der Waals surface area contributed by atoms with Crippen LogP contribution in [0.2, 0.25) is 0 Å². The summed E-state index contributed by atoms with van der Waals surface area (Å²) in [7, 11) is 0. The van der Waals surface area contributed by atoms with Gasteiger partial charge in [-0.05, 0) is 19.1 Å². The molecule has 8 heteroatoms. The topological polar surface area (TPSA) is 108 Å². The Balaban J connectivity index is 1.72. The van der Waals surface area contributed by atoms with Crippen LogP contribution in [0.5, 0.6) is 5.75 Å². The number of rotatable bonds is 5. The molecule has 22 heavy (non-hydrogen) atoms. The fraction of sp³-hybridized carbons (Fsp3) is 0.214. The molecule has 1 N–H and O–H groups in total. The Morgan fingerprint density at radius 2 is 1.91 bits per heavy atom. The number of carbonyl (C=O) groups is 2. The van der Waals surface area contributed by atoms with Crippen LogP contribution in [0.3, 0.4) is 0 Å². The Morgan fingerprint density at radius 1 is 1.18 bits per heavy atom. The number of nitrogens with one attached hydrogen (secondary N) is 1. The highest BCUT2D eigenvalue weighted by molar-refractivity contribution is 5.79. The minimum atomic E-state index is -0.872. The number of esters is 1. The van der Waals surface area contributed by atoms with Crippen molar-refractivity contribution >= 4 is 12.1 Å². The highest BCUT2D eigenvalue weighted by Crippen LogP contribution is 2.08. The van der Waals surface area contributed by atoms with E-state index in [2.05, 4.69) is 14.2 Å². The third-order valence-corrected chi connectivity index (χ3v) is 2.52. The number of carbonyl (C=O) groups excluding carboxylic acids is 2. The van der Waals surface area contributed by atoms with E-state index in [4.69, 9.17) is 9.47 Å². The maximum atomic E-state index is 11.5. The van der Waals surface area contributed by atoms with E-state index in [1.807, 2.05) is 0 Å². The van der Waals surface area contributed by atoms with Crippen molar-refractivity contribution in [3.63, 3.8) is 0 Å². The van der Waals surface area contributed by atoms with Gasteiger partial charge in [-0.15, -0.1) is 0 Å². The van der Waals surface area contributed by atoms with Crippen LogP contribution in [-0.4, -0.2) is 18.6 Å². The lowest BCUT2D eigenvalue weighted by Gasteiger charge is -2.06. The highest BCUT2D eigenvalue weighted by Gasteiger charge is 2.12. The van der Waals surface area contributed by atoms with Gasteiger partial charge in [-0.1, -0.05) is 18.2 Å². The maximum absolute atomic E-state index is 11.5. The number of hydrogen-bond donors (Lipinski definition) is 1. The van der Waals surface area contributed by atoms with E-state index in [1.54, 1.807) is 30.3 Å². The third-order valence-electron chi connectivity index (χ3n) is 2.52. The van der Waals surface area contributed by atoms with Crippen molar-refractivity contribution in [1.82, 2.24) is 5.32 Å². The van der Waals surface area contributed by atoms with Gasteiger partial charge < -0.3 is 23.6 Å². The molecular formula is C14H13NO7. The highest BCUT2D eigenvalue weighted by atomic mass is 16.6. The average Bonchev–Trinajstić information content (AvgIpc) is 2.82. The summed E-state index contributed by atoms with van der Waals surface area (Å²) in [5, 5.41) is 2.21. The van der Waals surface area contributed by atoms with Crippen molar-refractivity contribution in [2.45, 2.75) is 13.5 Å². The normalized spacial score (nSPS) is 10.0. The molecule has 0 aliphatic rings. The molecule has 0 saturated carbocycles. The molecule has 0 unspecified atom stereocenters. The van der Waals surface area contributed by atoms with E-state index in [1.165, 1.54) is 6.92 Å². The minimum absolute atomic E-state index is 0.104. The fourth-order valence-electron chi connectivity index (χ4n) is 1.49. The van der Waals surface area contributed by atoms with Gasteiger partial charge in [0.25, 0.3) is 0 Å². The summed E-state index contributed by atoms with van der Waals surface area (Å²) in [5.41, 5.74) is 0. The Bertz CT molecular complexity index is 701. The predicted octanol–water partition coefficient (Wildman–Crippen LogP) is 1.37. The van der Waals surface area contributed by atoms with E-state index < -0.39 is 17.9 Å². The number of benzene rings is 1. The number of amides is 1. The quantitative estimate of drug-likeness (QED) is 0.656. The largest absolute Gasteiger partial charge is 0.519 e. The molecule has 0 saturated heterocycles. The Hall–Kier alpha value is -3.03. The summed E-state index contributed by atoms with van der Waals surface area (Å²) >= 11 is 0. The van der Waals surface area contributed by atoms with Crippen LogP contribution in [0.15, 0.2) is 44.0 Å². The van der Waals surface area contributed by atoms with Crippen molar-refractivity contribution in [1.29, 1.82) is 0 Å². The van der Waals surface area contributed by atoms with Gasteiger partial charge in [0.15, 0.2) is 18.1 Å². The summed E-state index contributed by atoms with van der Waals surface area (Å²) in [6.07, 6.45) is -0.853. The molecule has 0 bridgehead atoms. The molecular weight excluding hydrogens is 294 g/mol. The number of ether oxygens (including phenoxy) is 2. The zero-order valence-electron chi connectivity index (χ0n) is 11.7. The maximum Gasteiger partial charge on any atom is 0.519 e. The Morgan fingerprint density at radius 3 is 2.55 bits per heavy atom. The second kappa shape index (κ2) is 7.11. The number of hydrogen-bond acceptors (Lipinski definition) is 7. The molecule has 0 atom stereocenters. The summed E-state index contributed by atoms with van der Waals surface area (Å²) in [6.45, 7) is 0.859. The minimum Gasteiger partial charge on any atom is -0.441 e. The van der Waals surface area contributed by atoms with Crippen molar-refractivity contribution in [3.8, 4) is 5.75 Å². The first-order valence-electron chi connectivity index (χ1n) is 6.30. The molecule has 2 rings (SSSR count). The van der Waals surface area contributed by atoms with E-state index in [0.717, 1.165) is 0 Å². The number of para-hydroxylation sites is 1. The van der Waals surface area contributed by atoms with Gasteiger partial charge in [-0.2, -0.15) is 0 Å². The Kier molecular flexibility index (Phi) is 4.97. The lowest BCUT2D eigenvalue weighted by atomic mass is 10.3. The van der Waals surface area contributed by atoms with Crippen LogP contribution >= 0.6 is 0 Å². The molecule has 2 aromatic rings. The third kappa shape index (κ3) is 4.51. The smallest absolute Gasteiger partial charge is 0.441 e. The van der Waals surface area contributed by atoms with E-state index in [9.17, 15) is 14.4 Å². The lowest BCUT2D eigenvalue weighted by molar-refractivity contribution is -0.133. The van der Waals surface area contributed by atoms with Crippen molar-refractivity contribution in [2.75, 3.05) is 6.54 Å². The standard InChI is InChI=1S/C14H13NO7/c1-9-11(22-14(18)20-9)8-19-13(17)15-7-12(16)21-10-5-3-2-4-6-10/h2-6H,7-8H2,1H3,(H,15,17). The molecule has 1 heterocycles. The molecule has 1 aromatic carbocycles. The van der Waals surface area contributed by atoms with Gasteiger partial charge in [-0.3, -0.25) is 0 Å². The zero-order chi connectivity index (χ0) is 15.9. The molecule has 1 aromatic heterocycles. The van der Waals surface area contributed by atoms with Gasteiger partial charge in [0.1, 0.15) is 12.3 Å². The number of aryl methyl sites for hydroxylation is 1. The SMILES string of the molecule is Cc1oc(=O)oc1COC(=O)NCC(=O)Oc1ccccc1. The van der Waals surface area contributed by atoms with Gasteiger partial charge >= 0.3 is 17.9 Å². The first-order chi connectivity index (χ1) is 10.5. The summed E-state index contributed by atoms with van der Waals surface area (Å²) < 4.78 is 19.0. The first-order valence-corrected chi connectivity index (χ1v) is 6.30.